The summed E-state index contributed by atoms with van der Waals surface area (Å²) in [5, 5.41) is 2.35. The number of halogens is 6. The van der Waals surface area contributed by atoms with E-state index in [2.05, 4.69) is 10.3 Å². The molecule has 144 valence electrons. The quantitative estimate of drug-likeness (QED) is 0.784. The Kier molecular flexibility index (Phi) is 5.23. The number of hydrogen-bond donors (Lipinski definition) is 1. The second-order valence-electron chi connectivity index (χ2n) is 6.03. The fourth-order valence-corrected chi connectivity index (χ4v) is 3.15. The van der Waals surface area contributed by atoms with Crippen LogP contribution in [0.15, 0.2) is 30.5 Å². The van der Waals surface area contributed by atoms with Crippen LogP contribution in [0.3, 0.4) is 0 Å². The topological polar surface area (TPSA) is 45.2 Å². The van der Waals surface area contributed by atoms with E-state index in [9.17, 15) is 26.7 Å². The molecule has 1 N–H and O–H groups in total. The number of nitrogens with zero attached hydrogens (tertiary/aromatic N) is 2. The molecule has 0 aliphatic carbocycles. The van der Waals surface area contributed by atoms with Crippen LogP contribution in [0.2, 0.25) is 5.02 Å². The predicted octanol–water partition coefficient (Wildman–Crippen LogP) is 4.04. The van der Waals surface area contributed by atoms with Gasteiger partial charge in [-0.25, -0.2) is 13.8 Å². The van der Waals surface area contributed by atoms with Gasteiger partial charge in [0.05, 0.1) is 10.6 Å². The highest BCUT2D eigenvalue weighted by Crippen LogP contribution is 2.34. The van der Waals surface area contributed by atoms with Gasteiger partial charge in [-0.1, -0.05) is 17.7 Å². The molecule has 10 heteroatoms. The zero-order valence-corrected chi connectivity index (χ0v) is 14.4. The van der Waals surface area contributed by atoms with Gasteiger partial charge in [0.1, 0.15) is 23.0 Å². The van der Waals surface area contributed by atoms with E-state index in [-0.39, 0.29) is 17.4 Å². The monoisotopic (exact) mass is 405 g/mol. The summed E-state index contributed by atoms with van der Waals surface area (Å²) in [6, 6.07) is 3.42. The highest BCUT2D eigenvalue weighted by Gasteiger charge is 2.33. The van der Waals surface area contributed by atoms with Crippen molar-refractivity contribution < 1.29 is 26.7 Å². The van der Waals surface area contributed by atoms with Gasteiger partial charge in [0.2, 0.25) is 0 Å². The molecule has 0 saturated carbocycles. The van der Waals surface area contributed by atoms with Gasteiger partial charge in [-0.2, -0.15) is 13.2 Å². The lowest BCUT2D eigenvalue weighted by Crippen LogP contribution is -2.38. The molecule has 1 fully saturated rings. The number of rotatable bonds is 3. The van der Waals surface area contributed by atoms with Crippen molar-refractivity contribution in [3.8, 4) is 0 Å². The molecule has 2 heterocycles. The van der Waals surface area contributed by atoms with Crippen LogP contribution in [0.4, 0.5) is 27.8 Å². The highest BCUT2D eigenvalue weighted by molar-refractivity contribution is 6.33. The molecule has 1 aliphatic heterocycles. The fourth-order valence-electron chi connectivity index (χ4n) is 2.86. The Hall–Kier alpha value is -2.42. The summed E-state index contributed by atoms with van der Waals surface area (Å²) in [7, 11) is 0. The number of benzene rings is 1. The molecule has 0 spiro atoms. The average molecular weight is 406 g/mol. The molecule has 4 nitrogen and oxygen atoms in total. The van der Waals surface area contributed by atoms with Gasteiger partial charge < -0.3 is 10.2 Å². The number of alkyl halides is 3. The third-order valence-corrected chi connectivity index (χ3v) is 4.44. The van der Waals surface area contributed by atoms with E-state index in [0.29, 0.717) is 19.2 Å². The van der Waals surface area contributed by atoms with Gasteiger partial charge in [0.15, 0.2) is 0 Å². The van der Waals surface area contributed by atoms with Crippen molar-refractivity contribution in [3.05, 3.63) is 58.2 Å². The summed E-state index contributed by atoms with van der Waals surface area (Å²) in [6.07, 6.45) is -3.46. The van der Waals surface area contributed by atoms with Crippen LogP contribution in [0.25, 0.3) is 0 Å². The van der Waals surface area contributed by atoms with Gasteiger partial charge in [-0.15, -0.1) is 0 Å². The van der Waals surface area contributed by atoms with E-state index < -0.39 is 40.9 Å². The number of amides is 1. The lowest BCUT2D eigenvalue weighted by atomic mass is 10.1. The highest BCUT2D eigenvalue weighted by atomic mass is 35.5. The van der Waals surface area contributed by atoms with Crippen molar-refractivity contribution >= 4 is 23.3 Å². The summed E-state index contributed by atoms with van der Waals surface area (Å²) in [6.45, 7) is 0.558. The molecule has 1 saturated heterocycles. The molecule has 3 rings (SSSR count). The summed E-state index contributed by atoms with van der Waals surface area (Å²) in [4.78, 5) is 17.5. The molecule has 1 atom stereocenters. The number of carbonyl (C=O) groups is 1. The van der Waals surface area contributed by atoms with Crippen LogP contribution in [-0.4, -0.2) is 30.0 Å². The summed E-state index contributed by atoms with van der Waals surface area (Å²) in [5.74, 6) is -2.70. The van der Waals surface area contributed by atoms with Crippen LogP contribution < -0.4 is 10.2 Å². The number of hydrogen-bond acceptors (Lipinski definition) is 3. The van der Waals surface area contributed by atoms with Crippen molar-refractivity contribution in [2.45, 2.75) is 18.6 Å². The van der Waals surface area contributed by atoms with Crippen molar-refractivity contribution in [2.24, 2.45) is 0 Å². The third-order valence-electron chi connectivity index (χ3n) is 4.16. The molecule has 1 amide bonds. The summed E-state index contributed by atoms with van der Waals surface area (Å²) < 4.78 is 65.4. The second kappa shape index (κ2) is 7.30. The van der Waals surface area contributed by atoms with E-state index in [4.69, 9.17) is 11.6 Å². The molecule has 1 aromatic carbocycles. The first-order valence-corrected chi connectivity index (χ1v) is 8.27. The minimum Gasteiger partial charge on any atom is -0.353 e. The Bertz CT molecular complexity index is 854. The van der Waals surface area contributed by atoms with Crippen molar-refractivity contribution in [2.75, 3.05) is 18.0 Å². The first kappa shape index (κ1) is 19.3. The van der Waals surface area contributed by atoms with Crippen molar-refractivity contribution in [3.63, 3.8) is 0 Å². The predicted molar refractivity (Wildman–Crippen MR) is 88.7 cm³/mol. The Labute approximate surface area is 155 Å². The van der Waals surface area contributed by atoms with Crippen LogP contribution in [0.5, 0.6) is 0 Å². The summed E-state index contributed by atoms with van der Waals surface area (Å²) >= 11 is 5.92. The molecule has 1 aliphatic rings. The number of pyridine rings is 1. The minimum absolute atomic E-state index is 0.151. The SMILES string of the molecule is O=C(N[C@H]1CCN(c2ncc(C(F)(F)F)cc2Cl)C1)c1c(F)cccc1F. The van der Waals surface area contributed by atoms with E-state index in [0.717, 1.165) is 24.3 Å². The van der Waals surface area contributed by atoms with Gasteiger partial charge in [-0.3, -0.25) is 4.79 Å². The maximum Gasteiger partial charge on any atom is 0.417 e. The Balaban J connectivity index is 1.70. The molecule has 1 aromatic heterocycles. The maximum atomic E-state index is 13.7. The average Bonchev–Trinajstić information content (AvgIpc) is 3.01. The normalized spacial score (nSPS) is 17.3. The number of aromatic nitrogens is 1. The van der Waals surface area contributed by atoms with Gasteiger partial charge >= 0.3 is 6.18 Å². The zero-order chi connectivity index (χ0) is 19.8. The van der Waals surface area contributed by atoms with Crippen molar-refractivity contribution in [1.29, 1.82) is 0 Å². The zero-order valence-electron chi connectivity index (χ0n) is 13.7. The Morgan fingerprint density at radius 3 is 2.52 bits per heavy atom. The van der Waals surface area contributed by atoms with Crippen LogP contribution in [-0.2, 0) is 6.18 Å². The first-order chi connectivity index (χ1) is 12.7. The van der Waals surface area contributed by atoms with E-state index in [1.807, 2.05) is 0 Å². The molecule has 0 unspecified atom stereocenters. The van der Waals surface area contributed by atoms with E-state index >= 15 is 0 Å². The van der Waals surface area contributed by atoms with Crippen molar-refractivity contribution in [1.82, 2.24) is 10.3 Å². The second-order valence-corrected chi connectivity index (χ2v) is 6.44. The maximum absolute atomic E-state index is 13.7. The van der Waals surface area contributed by atoms with Gasteiger partial charge in [0, 0.05) is 25.3 Å². The molecule has 2 aromatic rings. The minimum atomic E-state index is -4.56. The number of anilines is 1. The van der Waals surface area contributed by atoms with Gasteiger partial charge in [-0.05, 0) is 24.6 Å². The van der Waals surface area contributed by atoms with E-state index in [1.54, 1.807) is 4.90 Å². The van der Waals surface area contributed by atoms with Crippen LogP contribution in [0, 0.1) is 11.6 Å². The Morgan fingerprint density at radius 2 is 1.93 bits per heavy atom. The standard InChI is InChI=1S/C17H13ClF5N3O/c18-11-6-9(17(21,22)23)7-24-15(11)26-5-4-10(8-26)25-16(27)14-12(19)2-1-3-13(14)20/h1-3,6-7,10H,4-5,8H2,(H,25,27)/t10-/m0/s1. The van der Waals surface area contributed by atoms with E-state index in [1.165, 1.54) is 0 Å². The van der Waals surface area contributed by atoms with Gasteiger partial charge in [0.25, 0.3) is 5.91 Å². The largest absolute Gasteiger partial charge is 0.417 e. The number of nitrogens with one attached hydrogen (secondary N) is 1. The molecule has 27 heavy (non-hydrogen) atoms. The summed E-state index contributed by atoms with van der Waals surface area (Å²) in [5.41, 5.74) is -1.64. The number of carbonyl (C=O) groups excluding carboxylic acids is 1. The van der Waals surface area contributed by atoms with Crippen LogP contribution in [0.1, 0.15) is 22.3 Å². The third kappa shape index (κ3) is 4.13. The molecular weight excluding hydrogens is 393 g/mol. The Morgan fingerprint density at radius 1 is 1.26 bits per heavy atom. The molecule has 0 bridgehead atoms. The first-order valence-electron chi connectivity index (χ1n) is 7.89. The lowest BCUT2D eigenvalue weighted by Gasteiger charge is -2.20. The van der Waals surface area contributed by atoms with Crippen LogP contribution >= 0.6 is 11.6 Å². The lowest BCUT2D eigenvalue weighted by molar-refractivity contribution is -0.137. The molecule has 0 radical (unpaired) electrons. The smallest absolute Gasteiger partial charge is 0.353 e. The molecular formula is C17H13ClF5N3O. The fraction of sp³-hybridized carbons (Fsp3) is 0.294.